The molecule has 0 bridgehead atoms. The van der Waals surface area contributed by atoms with Gasteiger partial charge in [-0.25, -0.2) is 0 Å². The Morgan fingerprint density at radius 3 is 0.840 bits per heavy atom. The van der Waals surface area contributed by atoms with E-state index >= 15 is 0 Å². The lowest BCUT2D eigenvalue weighted by Gasteiger charge is -1.93. The second kappa shape index (κ2) is 34.1. The topological polar surface area (TPSA) is 0 Å². The molecule has 0 unspecified atom stereocenters. The van der Waals surface area contributed by atoms with Crippen molar-refractivity contribution in [2.24, 2.45) is 0 Å². The fourth-order valence-corrected chi connectivity index (χ4v) is 1.40. The summed E-state index contributed by atoms with van der Waals surface area (Å²) in [6.45, 7) is 28.5. The van der Waals surface area contributed by atoms with Crippen LogP contribution in [0.5, 0.6) is 0 Å². The maximum Gasteiger partial charge on any atom is -0.0158 e. The summed E-state index contributed by atoms with van der Waals surface area (Å²) in [5.74, 6) is 0. The van der Waals surface area contributed by atoms with E-state index in [4.69, 9.17) is 0 Å². The van der Waals surface area contributed by atoms with E-state index in [0.717, 1.165) is 6.42 Å². The standard InChI is InChI=1S/C8H10.C7H10.5C2H6/c1-7-5-3-4-6-8(7)2;1-6-4-3-5-7(6)2;5*1-2/h3-6H,1-2H3;4-5H,3H2,1-2H3;5*1-2H3. The first-order valence-corrected chi connectivity index (χ1v) is 10.5. The molecule has 1 aliphatic rings. The summed E-state index contributed by atoms with van der Waals surface area (Å²) in [6.07, 6.45) is 5.64. The van der Waals surface area contributed by atoms with E-state index < -0.39 is 0 Å². The van der Waals surface area contributed by atoms with Crippen molar-refractivity contribution < 1.29 is 0 Å². The van der Waals surface area contributed by atoms with E-state index in [9.17, 15) is 0 Å². The van der Waals surface area contributed by atoms with Gasteiger partial charge in [0.25, 0.3) is 0 Å². The number of hydrogen-bond acceptors (Lipinski definition) is 0. The maximum atomic E-state index is 2.25. The highest BCUT2D eigenvalue weighted by Crippen LogP contribution is 2.16. The minimum absolute atomic E-state index is 1.15. The van der Waals surface area contributed by atoms with Crippen molar-refractivity contribution >= 4 is 0 Å². The summed E-state index contributed by atoms with van der Waals surface area (Å²) < 4.78 is 0. The number of allylic oxidation sites excluding steroid dienone is 4. The van der Waals surface area contributed by atoms with E-state index in [1.807, 2.05) is 69.2 Å². The van der Waals surface area contributed by atoms with Crippen LogP contribution in [0.15, 0.2) is 47.6 Å². The number of rotatable bonds is 0. The summed E-state index contributed by atoms with van der Waals surface area (Å²) in [5.41, 5.74) is 5.62. The molecule has 25 heavy (non-hydrogen) atoms. The molecule has 150 valence electrons. The molecule has 0 atom stereocenters. The van der Waals surface area contributed by atoms with Crippen LogP contribution >= 0.6 is 0 Å². The van der Waals surface area contributed by atoms with Gasteiger partial charge in [0.2, 0.25) is 0 Å². The molecule has 0 heteroatoms. The Morgan fingerprint density at radius 2 is 0.720 bits per heavy atom. The Balaban J connectivity index is -0.0000000718. The summed E-state index contributed by atoms with van der Waals surface area (Å²) in [4.78, 5) is 0. The molecule has 0 aliphatic heterocycles. The van der Waals surface area contributed by atoms with Crippen LogP contribution in [0.3, 0.4) is 0 Å². The number of hydrogen-bond donors (Lipinski definition) is 0. The average Bonchev–Trinajstić information content (AvgIpc) is 3.09. The van der Waals surface area contributed by atoms with Gasteiger partial charge in [0.05, 0.1) is 0 Å². The Labute approximate surface area is 162 Å². The Kier molecular flexibility index (Phi) is 47.7. The maximum absolute atomic E-state index is 2.25. The summed E-state index contributed by atoms with van der Waals surface area (Å²) in [5, 5.41) is 0. The Bertz CT molecular complexity index is 344. The summed E-state index contributed by atoms with van der Waals surface area (Å²) in [6, 6.07) is 8.36. The molecule has 1 aromatic rings. The largest absolute Gasteiger partial charge is 0.0775 e. The molecule has 0 fully saturated rings. The van der Waals surface area contributed by atoms with Crippen LogP contribution < -0.4 is 0 Å². The molecule has 0 heterocycles. The van der Waals surface area contributed by atoms with Crippen LogP contribution in [0.4, 0.5) is 0 Å². The third kappa shape index (κ3) is 25.1. The normalized spacial score (nSPS) is 9.52. The van der Waals surface area contributed by atoms with Crippen LogP contribution in [-0.4, -0.2) is 0 Å². The molecule has 0 aromatic heterocycles. The van der Waals surface area contributed by atoms with Gasteiger partial charge >= 0.3 is 0 Å². The summed E-state index contributed by atoms with van der Waals surface area (Å²) in [7, 11) is 0. The molecular weight excluding hydrogens is 300 g/mol. The van der Waals surface area contributed by atoms with Crippen LogP contribution in [-0.2, 0) is 0 Å². The van der Waals surface area contributed by atoms with Crippen molar-refractivity contribution in [3.05, 3.63) is 58.7 Å². The fourth-order valence-electron chi connectivity index (χ4n) is 1.40. The van der Waals surface area contributed by atoms with Gasteiger partial charge in [-0.15, -0.1) is 0 Å². The van der Waals surface area contributed by atoms with Gasteiger partial charge in [0, 0.05) is 0 Å². The van der Waals surface area contributed by atoms with Crippen LogP contribution in [0, 0.1) is 13.8 Å². The molecule has 0 radical (unpaired) electrons. The van der Waals surface area contributed by atoms with Crippen molar-refractivity contribution in [2.75, 3.05) is 0 Å². The first-order chi connectivity index (χ1) is 12.1. The lowest BCUT2D eigenvalue weighted by atomic mass is 10.1. The van der Waals surface area contributed by atoms with Crippen molar-refractivity contribution in [1.29, 1.82) is 0 Å². The smallest absolute Gasteiger partial charge is 0.0158 e. The minimum atomic E-state index is 1.15. The first kappa shape index (κ1) is 34.9. The SMILES string of the molecule is CC.CC.CC.CC.CC.CC1=CCC=C1C.Cc1ccccc1C. The van der Waals surface area contributed by atoms with Crippen LogP contribution in [0.1, 0.15) is 101 Å². The molecule has 0 nitrogen and oxygen atoms in total. The average molecular weight is 351 g/mol. The molecule has 0 saturated heterocycles. The zero-order valence-electron chi connectivity index (χ0n) is 20.2. The van der Waals surface area contributed by atoms with E-state index in [0.29, 0.717) is 0 Å². The molecule has 1 aliphatic carbocycles. The molecule has 0 amide bonds. The molecule has 2 rings (SSSR count). The van der Waals surface area contributed by atoms with E-state index in [-0.39, 0.29) is 0 Å². The molecule has 0 N–H and O–H groups in total. The second-order valence-corrected chi connectivity index (χ2v) is 4.09. The van der Waals surface area contributed by atoms with Gasteiger partial charge in [-0.05, 0) is 45.2 Å². The van der Waals surface area contributed by atoms with Crippen molar-refractivity contribution in [2.45, 2.75) is 103 Å². The Morgan fingerprint density at radius 1 is 0.480 bits per heavy atom. The molecular formula is C25H50. The molecule has 0 saturated carbocycles. The van der Waals surface area contributed by atoms with E-state index in [1.54, 1.807) is 0 Å². The molecule has 0 spiro atoms. The lowest BCUT2D eigenvalue weighted by molar-refractivity contribution is 1.34. The highest BCUT2D eigenvalue weighted by atomic mass is 14.0. The highest BCUT2D eigenvalue weighted by Gasteiger charge is 1.95. The van der Waals surface area contributed by atoms with Gasteiger partial charge in [-0.1, -0.05) is 117 Å². The predicted octanol–water partition coefficient (Wildman–Crippen LogP) is 9.72. The van der Waals surface area contributed by atoms with E-state index in [2.05, 4.69) is 64.1 Å². The van der Waals surface area contributed by atoms with Gasteiger partial charge < -0.3 is 0 Å². The molecule has 1 aromatic carbocycles. The van der Waals surface area contributed by atoms with Crippen molar-refractivity contribution in [3.8, 4) is 0 Å². The number of aryl methyl sites for hydroxylation is 2. The monoisotopic (exact) mass is 350 g/mol. The lowest BCUT2D eigenvalue weighted by Crippen LogP contribution is -1.74. The van der Waals surface area contributed by atoms with Crippen molar-refractivity contribution in [3.63, 3.8) is 0 Å². The van der Waals surface area contributed by atoms with Gasteiger partial charge in [-0.3, -0.25) is 0 Å². The van der Waals surface area contributed by atoms with Gasteiger partial charge in [0.1, 0.15) is 0 Å². The fraction of sp³-hybridized carbons (Fsp3) is 0.600. The zero-order valence-corrected chi connectivity index (χ0v) is 20.2. The third-order valence-corrected chi connectivity index (χ3v) is 2.90. The quantitative estimate of drug-likeness (QED) is 0.436. The highest BCUT2D eigenvalue weighted by molar-refractivity contribution is 5.33. The van der Waals surface area contributed by atoms with Gasteiger partial charge in [0.15, 0.2) is 0 Å². The second-order valence-electron chi connectivity index (χ2n) is 4.09. The van der Waals surface area contributed by atoms with Crippen LogP contribution in [0.25, 0.3) is 0 Å². The zero-order chi connectivity index (χ0) is 21.3. The first-order valence-electron chi connectivity index (χ1n) is 10.5. The predicted molar refractivity (Wildman–Crippen MR) is 125 cm³/mol. The van der Waals surface area contributed by atoms with Crippen LogP contribution in [0.2, 0.25) is 0 Å². The van der Waals surface area contributed by atoms with E-state index in [1.165, 1.54) is 22.3 Å². The Hall–Kier alpha value is -1.30. The van der Waals surface area contributed by atoms with Gasteiger partial charge in [-0.2, -0.15) is 0 Å². The summed E-state index contributed by atoms with van der Waals surface area (Å²) >= 11 is 0. The third-order valence-electron chi connectivity index (χ3n) is 2.90. The van der Waals surface area contributed by atoms with Crippen molar-refractivity contribution in [1.82, 2.24) is 0 Å². The number of benzene rings is 1. The minimum Gasteiger partial charge on any atom is -0.0775 e.